The van der Waals surface area contributed by atoms with E-state index in [0.29, 0.717) is 27.2 Å². The molecule has 2 aromatic carbocycles. The van der Waals surface area contributed by atoms with Gasteiger partial charge in [-0.1, -0.05) is 35.9 Å². The van der Waals surface area contributed by atoms with E-state index >= 15 is 0 Å². The molecule has 4 rings (SSSR count). The number of rotatable bonds is 3. The molecule has 4 aromatic rings. The van der Waals surface area contributed by atoms with Gasteiger partial charge in [0.25, 0.3) is 5.91 Å². The first-order chi connectivity index (χ1) is 11.7. The fourth-order valence-electron chi connectivity index (χ4n) is 2.35. The number of fused-ring (bicyclic) bond motifs is 1. The van der Waals surface area contributed by atoms with Crippen LogP contribution >= 0.6 is 22.9 Å². The maximum Gasteiger partial charge on any atom is 0.257 e. The molecule has 0 aliphatic heterocycles. The number of aromatic nitrogens is 1. The average molecular weight is 355 g/mol. The molecule has 0 spiro atoms. The zero-order valence-electron chi connectivity index (χ0n) is 12.3. The van der Waals surface area contributed by atoms with Crippen molar-refractivity contribution >= 4 is 44.9 Å². The summed E-state index contributed by atoms with van der Waals surface area (Å²) >= 11 is 7.25. The van der Waals surface area contributed by atoms with Crippen LogP contribution < -0.4 is 5.32 Å². The van der Waals surface area contributed by atoms with Crippen LogP contribution in [0.3, 0.4) is 0 Å². The van der Waals surface area contributed by atoms with Gasteiger partial charge in [-0.15, -0.1) is 11.3 Å². The Morgan fingerprint density at radius 3 is 2.83 bits per heavy atom. The first-order valence-corrected chi connectivity index (χ1v) is 8.46. The highest BCUT2D eigenvalue weighted by atomic mass is 35.5. The number of thiazole rings is 1. The van der Waals surface area contributed by atoms with Gasteiger partial charge >= 0.3 is 0 Å². The van der Waals surface area contributed by atoms with Crippen molar-refractivity contribution in [2.24, 2.45) is 0 Å². The highest BCUT2D eigenvalue weighted by Gasteiger charge is 2.13. The van der Waals surface area contributed by atoms with Crippen molar-refractivity contribution in [2.45, 2.75) is 0 Å². The largest absolute Gasteiger partial charge is 0.454 e. The molecule has 4 nitrogen and oxygen atoms in total. The Hall–Kier alpha value is -2.63. The fourth-order valence-corrected chi connectivity index (χ4v) is 3.24. The van der Waals surface area contributed by atoms with Gasteiger partial charge in [0.15, 0.2) is 10.9 Å². The Morgan fingerprint density at radius 2 is 2.00 bits per heavy atom. The number of furan rings is 1. The number of halogens is 1. The number of para-hydroxylation sites is 1. The van der Waals surface area contributed by atoms with Gasteiger partial charge in [-0.05, 0) is 30.3 Å². The van der Waals surface area contributed by atoms with E-state index in [1.807, 2.05) is 35.7 Å². The minimum absolute atomic E-state index is 0.247. The van der Waals surface area contributed by atoms with Crippen molar-refractivity contribution in [1.29, 1.82) is 0 Å². The second kappa shape index (κ2) is 6.11. The maximum atomic E-state index is 12.2. The summed E-state index contributed by atoms with van der Waals surface area (Å²) in [6.45, 7) is 0. The SMILES string of the molecule is O=C(Nc1nc(-c2cc3ccccc3o2)cs1)c1cccc(Cl)c1. The minimum Gasteiger partial charge on any atom is -0.454 e. The van der Waals surface area contributed by atoms with E-state index in [2.05, 4.69) is 10.3 Å². The topological polar surface area (TPSA) is 55.1 Å². The average Bonchev–Trinajstić information content (AvgIpc) is 3.21. The van der Waals surface area contributed by atoms with Crippen LogP contribution in [0.2, 0.25) is 5.02 Å². The lowest BCUT2D eigenvalue weighted by molar-refractivity contribution is 0.102. The van der Waals surface area contributed by atoms with Crippen molar-refractivity contribution < 1.29 is 9.21 Å². The molecule has 0 unspecified atom stereocenters. The fraction of sp³-hybridized carbons (Fsp3) is 0. The number of benzene rings is 2. The molecule has 0 saturated carbocycles. The van der Waals surface area contributed by atoms with Crippen LogP contribution in [-0.4, -0.2) is 10.9 Å². The molecule has 0 aliphatic carbocycles. The van der Waals surface area contributed by atoms with Crippen LogP contribution in [0.5, 0.6) is 0 Å². The highest BCUT2D eigenvalue weighted by Crippen LogP contribution is 2.30. The molecule has 0 saturated heterocycles. The molecule has 0 aliphatic rings. The Kier molecular flexibility index (Phi) is 3.80. The second-order valence-corrected chi connectivity index (χ2v) is 6.45. The first-order valence-electron chi connectivity index (χ1n) is 7.20. The quantitative estimate of drug-likeness (QED) is 0.531. The van der Waals surface area contributed by atoms with Gasteiger partial charge in [0.2, 0.25) is 0 Å². The standard InChI is InChI=1S/C18H11ClN2O2S/c19-13-6-3-5-12(8-13)17(22)21-18-20-14(10-24-18)16-9-11-4-1-2-7-15(11)23-16/h1-10H,(H,20,21,22). The molecular formula is C18H11ClN2O2S. The molecule has 24 heavy (non-hydrogen) atoms. The Bertz CT molecular complexity index is 1010. The van der Waals surface area contributed by atoms with E-state index in [9.17, 15) is 4.79 Å². The Labute approximate surface area is 146 Å². The third-order valence-corrected chi connectivity index (χ3v) is 4.48. The second-order valence-electron chi connectivity index (χ2n) is 5.15. The van der Waals surface area contributed by atoms with Crippen LogP contribution in [0.15, 0.2) is 64.4 Å². The molecule has 1 N–H and O–H groups in total. The van der Waals surface area contributed by atoms with Gasteiger partial charge in [-0.25, -0.2) is 4.98 Å². The van der Waals surface area contributed by atoms with Crippen molar-refractivity contribution in [3.8, 4) is 11.5 Å². The van der Waals surface area contributed by atoms with Crippen molar-refractivity contribution in [3.63, 3.8) is 0 Å². The summed E-state index contributed by atoms with van der Waals surface area (Å²) in [5.41, 5.74) is 1.99. The molecular weight excluding hydrogens is 344 g/mol. The summed E-state index contributed by atoms with van der Waals surface area (Å²) in [6, 6.07) is 16.5. The minimum atomic E-state index is -0.247. The lowest BCUT2D eigenvalue weighted by atomic mass is 10.2. The molecule has 6 heteroatoms. The van der Waals surface area contributed by atoms with Gasteiger partial charge in [-0.2, -0.15) is 0 Å². The van der Waals surface area contributed by atoms with E-state index in [4.69, 9.17) is 16.0 Å². The molecule has 1 amide bonds. The van der Waals surface area contributed by atoms with Gasteiger partial charge < -0.3 is 4.42 Å². The summed E-state index contributed by atoms with van der Waals surface area (Å²) in [7, 11) is 0. The van der Waals surface area contributed by atoms with E-state index in [0.717, 1.165) is 11.0 Å². The number of carbonyl (C=O) groups is 1. The zero-order valence-corrected chi connectivity index (χ0v) is 13.9. The number of nitrogens with one attached hydrogen (secondary N) is 1. The van der Waals surface area contributed by atoms with Crippen molar-refractivity contribution in [1.82, 2.24) is 4.98 Å². The smallest absolute Gasteiger partial charge is 0.257 e. The molecule has 2 heterocycles. The zero-order chi connectivity index (χ0) is 16.5. The van der Waals surface area contributed by atoms with Crippen LogP contribution in [0.1, 0.15) is 10.4 Å². The van der Waals surface area contributed by atoms with Crippen LogP contribution in [0.4, 0.5) is 5.13 Å². The predicted octanol–water partition coefficient (Wildman–Crippen LogP) is 5.46. The third-order valence-electron chi connectivity index (χ3n) is 3.49. The highest BCUT2D eigenvalue weighted by molar-refractivity contribution is 7.14. The predicted molar refractivity (Wildman–Crippen MR) is 96.7 cm³/mol. The van der Waals surface area contributed by atoms with Gasteiger partial charge in [-0.3, -0.25) is 10.1 Å². The van der Waals surface area contributed by atoms with Crippen LogP contribution in [-0.2, 0) is 0 Å². The van der Waals surface area contributed by atoms with Crippen LogP contribution in [0, 0.1) is 0 Å². The normalized spacial score (nSPS) is 10.9. The third kappa shape index (κ3) is 2.91. The number of anilines is 1. The monoisotopic (exact) mass is 354 g/mol. The number of carbonyl (C=O) groups excluding carboxylic acids is 1. The van der Waals surface area contributed by atoms with Gasteiger partial charge in [0, 0.05) is 21.4 Å². The molecule has 0 bridgehead atoms. The molecule has 118 valence electrons. The van der Waals surface area contributed by atoms with Crippen LogP contribution in [0.25, 0.3) is 22.4 Å². The summed E-state index contributed by atoms with van der Waals surface area (Å²) in [4.78, 5) is 16.6. The number of amides is 1. The molecule has 2 aromatic heterocycles. The molecule has 0 radical (unpaired) electrons. The summed E-state index contributed by atoms with van der Waals surface area (Å²) in [5, 5.41) is 6.68. The van der Waals surface area contributed by atoms with Gasteiger partial charge in [0.1, 0.15) is 11.3 Å². The summed E-state index contributed by atoms with van der Waals surface area (Å²) < 4.78 is 5.79. The number of hydrogen-bond acceptors (Lipinski definition) is 4. The summed E-state index contributed by atoms with van der Waals surface area (Å²) in [5.74, 6) is 0.429. The Morgan fingerprint density at radius 1 is 1.12 bits per heavy atom. The van der Waals surface area contributed by atoms with Crippen molar-refractivity contribution in [3.05, 3.63) is 70.6 Å². The van der Waals surface area contributed by atoms with Gasteiger partial charge in [0.05, 0.1) is 0 Å². The number of nitrogens with zero attached hydrogens (tertiary/aromatic N) is 1. The summed E-state index contributed by atoms with van der Waals surface area (Å²) in [6.07, 6.45) is 0. The van der Waals surface area contributed by atoms with E-state index in [1.54, 1.807) is 24.3 Å². The lowest BCUT2D eigenvalue weighted by Gasteiger charge is -2.01. The molecule has 0 atom stereocenters. The van der Waals surface area contributed by atoms with Crippen molar-refractivity contribution in [2.75, 3.05) is 5.32 Å². The lowest BCUT2D eigenvalue weighted by Crippen LogP contribution is -2.11. The Balaban J connectivity index is 1.57. The van der Waals surface area contributed by atoms with E-state index in [1.165, 1.54) is 11.3 Å². The maximum absolute atomic E-state index is 12.2. The molecule has 0 fully saturated rings. The van der Waals surface area contributed by atoms with E-state index in [-0.39, 0.29) is 5.91 Å². The first kappa shape index (κ1) is 14.9. The van der Waals surface area contributed by atoms with E-state index < -0.39 is 0 Å². The number of hydrogen-bond donors (Lipinski definition) is 1.